The van der Waals surface area contributed by atoms with E-state index in [0.29, 0.717) is 6.42 Å². The van der Waals surface area contributed by atoms with E-state index in [-0.39, 0.29) is 5.82 Å². The second-order valence-corrected chi connectivity index (χ2v) is 7.67. The van der Waals surface area contributed by atoms with Crippen molar-refractivity contribution in [2.45, 2.75) is 6.42 Å². The number of aromatic nitrogens is 4. The standard InChI is InChI=1S/C19H22FN7S/c20-16-4-2-15(3-5-16)14-17-24-25-19(28-17)23-8-9-26-10-12-27(13-11-26)18-21-6-1-7-22-18/h1-7H,8-14H2,(H,23,25). The van der Waals surface area contributed by atoms with E-state index < -0.39 is 0 Å². The van der Waals surface area contributed by atoms with Crippen LogP contribution in [0.3, 0.4) is 0 Å². The Morgan fingerprint density at radius 1 is 1.00 bits per heavy atom. The highest BCUT2D eigenvalue weighted by Crippen LogP contribution is 2.18. The quantitative estimate of drug-likeness (QED) is 0.654. The van der Waals surface area contributed by atoms with E-state index in [0.717, 1.165) is 60.9 Å². The molecule has 0 saturated carbocycles. The van der Waals surface area contributed by atoms with E-state index in [1.165, 1.54) is 12.1 Å². The van der Waals surface area contributed by atoms with Gasteiger partial charge < -0.3 is 10.2 Å². The maximum absolute atomic E-state index is 13.0. The molecule has 0 unspecified atom stereocenters. The highest BCUT2D eigenvalue weighted by molar-refractivity contribution is 7.15. The first-order valence-corrected chi connectivity index (χ1v) is 10.1. The molecule has 146 valence electrons. The summed E-state index contributed by atoms with van der Waals surface area (Å²) in [5.74, 6) is 0.586. The molecule has 0 aliphatic carbocycles. The molecule has 3 heterocycles. The van der Waals surface area contributed by atoms with Crippen LogP contribution in [0, 0.1) is 5.82 Å². The zero-order chi connectivity index (χ0) is 19.2. The molecule has 0 bridgehead atoms. The van der Waals surface area contributed by atoms with Crippen molar-refractivity contribution in [3.8, 4) is 0 Å². The molecular weight excluding hydrogens is 377 g/mol. The first-order chi connectivity index (χ1) is 13.8. The predicted octanol–water partition coefficient (Wildman–Crippen LogP) is 2.29. The van der Waals surface area contributed by atoms with Gasteiger partial charge in [-0.2, -0.15) is 0 Å². The zero-order valence-corrected chi connectivity index (χ0v) is 16.3. The normalized spacial score (nSPS) is 15.0. The van der Waals surface area contributed by atoms with Crippen molar-refractivity contribution in [1.82, 2.24) is 25.1 Å². The van der Waals surface area contributed by atoms with Gasteiger partial charge in [0.05, 0.1) is 0 Å². The number of rotatable bonds is 7. The van der Waals surface area contributed by atoms with Crippen LogP contribution in [-0.4, -0.2) is 64.3 Å². The van der Waals surface area contributed by atoms with Gasteiger partial charge in [-0.3, -0.25) is 4.90 Å². The maximum atomic E-state index is 13.0. The Hall–Kier alpha value is -2.65. The molecule has 1 fully saturated rings. The van der Waals surface area contributed by atoms with Gasteiger partial charge in [-0.1, -0.05) is 23.5 Å². The molecular formula is C19H22FN7S. The molecule has 1 saturated heterocycles. The van der Waals surface area contributed by atoms with Crippen LogP contribution in [0.2, 0.25) is 0 Å². The van der Waals surface area contributed by atoms with E-state index in [4.69, 9.17) is 0 Å². The highest BCUT2D eigenvalue weighted by Gasteiger charge is 2.18. The zero-order valence-electron chi connectivity index (χ0n) is 15.5. The third-order valence-electron chi connectivity index (χ3n) is 4.65. The van der Waals surface area contributed by atoms with Crippen molar-refractivity contribution in [3.05, 3.63) is 59.1 Å². The Kier molecular flexibility index (Phi) is 6.03. The van der Waals surface area contributed by atoms with Gasteiger partial charge in [-0.05, 0) is 23.8 Å². The monoisotopic (exact) mass is 399 g/mol. The van der Waals surface area contributed by atoms with Crippen LogP contribution in [0.4, 0.5) is 15.5 Å². The fourth-order valence-electron chi connectivity index (χ4n) is 3.12. The average molecular weight is 399 g/mol. The minimum atomic E-state index is -0.222. The molecule has 1 aromatic carbocycles. The molecule has 7 nitrogen and oxygen atoms in total. The summed E-state index contributed by atoms with van der Waals surface area (Å²) < 4.78 is 13.0. The number of anilines is 2. The van der Waals surface area contributed by atoms with Gasteiger partial charge in [0.2, 0.25) is 11.1 Å². The van der Waals surface area contributed by atoms with Gasteiger partial charge in [0.15, 0.2) is 0 Å². The molecule has 0 spiro atoms. The summed E-state index contributed by atoms with van der Waals surface area (Å²) in [7, 11) is 0. The molecule has 4 rings (SSSR count). The lowest BCUT2D eigenvalue weighted by Crippen LogP contribution is -2.48. The van der Waals surface area contributed by atoms with Crippen LogP contribution < -0.4 is 10.2 Å². The molecule has 9 heteroatoms. The first kappa shape index (κ1) is 18.7. The maximum Gasteiger partial charge on any atom is 0.225 e. The largest absolute Gasteiger partial charge is 0.359 e. The second-order valence-electron chi connectivity index (χ2n) is 6.61. The molecule has 0 amide bonds. The van der Waals surface area contributed by atoms with Crippen molar-refractivity contribution in [1.29, 1.82) is 0 Å². The summed E-state index contributed by atoms with van der Waals surface area (Å²) in [6.45, 7) is 5.64. The van der Waals surface area contributed by atoms with E-state index in [2.05, 4.69) is 35.3 Å². The van der Waals surface area contributed by atoms with E-state index in [1.54, 1.807) is 35.9 Å². The Balaban J connectivity index is 1.19. The van der Waals surface area contributed by atoms with Gasteiger partial charge in [-0.15, -0.1) is 10.2 Å². The van der Waals surface area contributed by atoms with Crippen LogP contribution in [-0.2, 0) is 6.42 Å². The van der Waals surface area contributed by atoms with Gasteiger partial charge in [0.25, 0.3) is 0 Å². The third-order valence-corrected chi connectivity index (χ3v) is 5.53. The molecule has 1 aliphatic rings. The number of nitrogens with one attached hydrogen (secondary N) is 1. The Bertz CT molecular complexity index is 864. The van der Waals surface area contributed by atoms with Crippen LogP contribution in [0.1, 0.15) is 10.6 Å². The molecule has 28 heavy (non-hydrogen) atoms. The Labute approximate surface area is 167 Å². The van der Waals surface area contributed by atoms with E-state index in [9.17, 15) is 4.39 Å². The van der Waals surface area contributed by atoms with Crippen molar-refractivity contribution in [2.24, 2.45) is 0 Å². The summed E-state index contributed by atoms with van der Waals surface area (Å²) in [5.41, 5.74) is 1.03. The minimum Gasteiger partial charge on any atom is -0.359 e. The number of hydrogen-bond donors (Lipinski definition) is 1. The molecule has 1 aliphatic heterocycles. The summed E-state index contributed by atoms with van der Waals surface area (Å²) in [5, 5.41) is 13.5. The molecule has 2 aromatic heterocycles. The van der Waals surface area contributed by atoms with Gasteiger partial charge in [-0.25, -0.2) is 14.4 Å². The van der Waals surface area contributed by atoms with Gasteiger partial charge in [0.1, 0.15) is 10.8 Å². The third kappa shape index (κ3) is 4.99. The topological polar surface area (TPSA) is 70.1 Å². The molecule has 1 N–H and O–H groups in total. The lowest BCUT2D eigenvalue weighted by molar-refractivity contribution is 0.266. The van der Waals surface area contributed by atoms with Crippen molar-refractivity contribution in [3.63, 3.8) is 0 Å². The summed E-state index contributed by atoms with van der Waals surface area (Å²) >= 11 is 1.55. The first-order valence-electron chi connectivity index (χ1n) is 9.31. The van der Waals surface area contributed by atoms with Crippen LogP contribution >= 0.6 is 11.3 Å². The van der Waals surface area contributed by atoms with Gasteiger partial charge >= 0.3 is 0 Å². The fraction of sp³-hybridized carbons (Fsp3) is 0.368. The predicted molar refractivity (Wildman–Crippen MR) is 108 cm³/mol. The molecule has 0 radical (unpaired) electrons. The minimum absolute atomic E-state index is 0.222. The number of hydrogen-bond acceptors (Lipinski definition) is 8. The van der Waals surface area contributed by atoms with Gasteiger partial charge in [0, 0.05) is 58.1 Å². The number of nitrogens with zero attached hydrogens (tertiary/aromatic N) is 6. The highest BCUT2D eigenvalue weighted by atomic mass is 32.1. The van der Waals surface area contributed by atoms with Crippen molar-refractivity contribution in [2.75, 3.05) is 49.5 Å². The number of piperazine rings is 1. The summed E-state index contributed by atoms with van der Waals surface area (Å²) in [6, 6.07) is 8.34. The fourth-order valence-corrected chi connectivity index (χ4v) is 3.92. The smallest absolute Gasteiger partial charge is 0.225 e. The average Bonchev–Trinajstić information content (AvgIpc) is 3.18. The molecule has 3 aromatic rings. The number of benzene rings is 1. The summed E-state index contributed by atoms with van der Waals surface area (Å²) in [6.07, 6.45) is 4.24. The second kappa shape index (κ2) is 9.03. The van der Waals surface area contributed by atoms with Crippen molar-refractivity contribution < 1.29 is 4.39 Å². The van der Waals surface area contributed by atoms with Crippen LogP contribution in [0.5, 0.6) is 0 Å². The SMILES string of the molecule is Fc1ccc(Cc2nnc(NCCN3CCN(c4ncccn4)CC3)s2)cc1. The van der Waals surface area contributed by atoms with Crippen LogP contribution in [0.25, 0.3) is 0 Å². The molecule has 0 atom stereocenters. The lowest BCUT2D eigenvalue weighted by Gasteiger charge is -2.34. The van der Waals surface area contributed by atoms with Crippen LogP contribution in [0.15, 0.2) is 42.7 Å². The lowest BCUT2D eigenvalue weighted by atomic mass is 10.2. The Morgan fingerprint density at radius 2 is 1.75 bits per heavy atom. The Morgan fingerprint density at radius 3 is 2.50 bits per heavy atom. The summed E-state index contributed by atoms with van der Waals surface area (Å²) in [4.78, 5) is 13.3. The van der Waals surface area contributed by atoms with E-state index in [1.807, 2.05) is 6.07 Å². The van der Waals surface area contributed by atoms with E-state index >= 15 is 0 Å². The van der Waals surface area contributed by atoms with Crippen molar-refractivity contribution >= 4 is 22.4 Å². The number of halogens is 1.